The summed E-state index contributed by atoms with van der Waals surface area (Å²) in [7, 11) is 0. The lowest BCUT2D eigenvalue weighted by atomic mass is 10.1. The van der Waals surface area contributed by atoms with E-state index in [-0.39, 0.29) is 22.7 Å². The average molecular weight is 306 g/mol. The fourth-order valence-electron chi connectivity index (χ4n) is 1.74. The van der Waals surface area contributed by atoms with E-state index in [0.717, 1.165) is 18.2 Å². The molecule has 0 amide bonds. The predicted molar refractivity (Wildman–Crippen MR) is 74.3 cm³/mol. The van der Waals surface area contributed by atoms with Gasteiger partial charge in [0.2, 0.25) is 0 Å². The molecule has 0 heterocycles. The molecule has 22 heavy (non-hydrogen) atoms. The first-order chi connectivity index (χ1) is 10.4. The third kappa shape index (κ3) is 3.46. The average Bonchev–Trinajstić information content (AvgIpc) is 2.48. The van der Waals surface area contributed by atoms with Crippen LogP contribution in [0.15, 0.2) is 36.4 Å². The van der Waals surface area contributed by atoms with Crippen molar-refractivity contribution in [2.24, 2.45) is 0 Å². The van der Waals surface area contributed by atoms with Crippen molar-refractivity contribution in [2.45, 2.75) is 6.92 Å². The summed E-state index contributed by atoms with van der Waals surface area (Å²) < 4.78 is 31.9. The standard InChI is InChI=1S/C16H12F2O4/c1-9(19)10-3-5-16(13(18)6-10)22-8-15(21)11-2-4-14(20)12(17)7-11/h2-7,20H,8H2,1H3. The number of phenols is 1. The van der Waals surface area contributed by atoms with Gasteiger partial charge in [-0.25, -0.2) is 8.78 Å². The Hall–Kier alpha value is -2.76. The lowest BCUT2D eigenvalue weighted by molar-refractivity contribution is 0.0917. The second-order valence-corrected chi connectivity index (χ2v) is 4.58. The molecule has 2 rings (SSSR count). The van der Waals surface area contributed by atoms with Crippen molar-refractivity contribution in [3.8, 4) is 11.5 Å². The van der Waals surface area contributed by atoms with Crippen LogP contribution >= 0.6 is 0 Å². The Morgan fingerprint density at radius 1 is 1.05 bits per heavy atom. The van der Waals surface area contributed by atoms with Crippen LogP contribution in [0.3, 0.4) is 0 Å². The second kappa shape index (κ2) is 6.34. The number of ketones is 2. The van der Waals surface area contributed by atoms with Gasteiger partial charge in [0.1, 0.15) is 0 Å². The van der Waals surface area contributed by atoms with Crippen molar-refractivity contribution < 1.29 is 28.2 Å². The van der Waals surface area contributed by atoms with E-state index in [0.29, 0.717) is 0 Å². The van der Waals surface area contributed by atoms with Gasteiger partial charge in [-0.3, -0.25) is 9.59 Å². The molecule has 6 heteroatoms. The van der Waals surface area contributed by atoms with Crippen LogP contribution in [0, 0.1) is 11.6 Å². The minimum Gasteiger partial charge on any atom is -0.505 e. The summed E-state index contributed by atoms with van der Waals surface area (Å²) in [6.45, 7) is 0.804. The van der Waals surface area contributed by atoms with Gasteiger partial charge in [0.25, 0.3) is 0 Å². The first kappa shape index (κ1) is 15.6. The number of hydrogen-bond donors (Lipinski definition) is 1. The van der Waals surface area contributed by atoms with Gasteiger partial charge in [-0.1, -0.05) is 0 Å². The first-order valence-corrected chi connectivity index (χ1v) is 6.33. The molecule has 0 radical (unpaired) electrons. The monoisotopic (exact) mass is 306 g/mol. The van der Waals surface area contributed by atoms with E-state index < -0.39 is 29.8 Å². The molecule has 0 spiro atoms. The number of ether oxygens (including phenoxy) is 1. The van der Waals surface area contributed by atoms with E-state index in [4.69, 9.17) is 9.84 Å². The number of rotatable bonds is 5. The number of carbonyl (C=O) groups excluding carboxylic acids is 2. The van der Waals surface area contributed by atoms with Gasteiger partial charge in [-0.15, -0.1) is 0 Å². The third-order valence-electron chi connectivity index (χ3n) is 2.97. The van der Waals surface area contributed by atoms with Crippen LogP contribution in [0.5, 0.6) is 11.5 Å². The number of benzene rings is 2. The number of phenolic OH excluding ortho intramolecular Hbond substituents is 1. The van der Waals surface area contributed by atoms with Gasteiger partial charge in [0.05, 0.1) is 0 Å². The van der Waals surface area contributed by atoms with Crippen LogP contribution in [0.1, 0.15) is 27.6 Å². The molecule has 0 aliphatic carbocycles. The molecule has 0 saturated carbocycles. The molecule has 0 bridgehead atoms. The maximum Gasteiger partial charge on any atom is 0.200 e. The Morgan fingerprint density at radius 3 is 2.27 bits per heavy atom. The van der Waals surface area contributed by atoms with E-state index in [1.165, 1.54) is 25.1 Å². The second-order valence-electron chi connectivity index (χ2n) is 4.58. The van der Waals surface area contributed by atoms with E-state index in [9.17, 15) is 18.4 Å². The van der Waals surface area contributed by atoms with E-state index >= 15 is 0 Å². The maximum absolute atomic E-state index is 13.7. The van der Waals surface area contributed by atoms with Crippen LogP contribution in [-0.2, 0) is 0 Å². The Morgan fingerprint density at radius 2 is 1.68 bits per heavy atom. The summed E-state index contributed by atoms with van der Waals surface area (Å²) >= 11 is 0. The zero-order chi connectivity index (χ0) is 16.3. The number of halogens is 2. The number of aromatic hydroxyl groups is 1. The highest BCUT2D eigenvalue weighted by Gasteiger charge is 2.12. The van der Waals surface area contributed by atoms with Gasteiger partial charge in [0, 0.05) is 11.1 Å². The fraction of sp³-hybridized carbons (Fsp3) is 0.125. The summed E-state index contributed by atoms with van der Waals surface area (Å²) in [4.78, 5) is 22.9. The molecule has 114 valence electrons. The minimum atomic E-state index is -0.928. The van der Waals surface area contributed by atoms with Gasteiger partial charge in [-0.05, 0) is 43.3 Å². The molecule has 4 nitrogen and oxygen atoms in total. The topological polar surface area (TPSA) is 63.6 Å². The molecule has 0 atom stereocenters. The van der Waals surface area contributed by atoms with Crippen molar-refractivity contribution in [1.29, 1.82) is 0 Å². The molecule has 0 aliphatic rings. The summed E-state index contributed by atoms with van der Waals surface area (Å²) in [6.07, 6.45) is 0. The molecule has 0 aromatic heterocycles. The molecular formula is C16H12F2O4. The number of carbonyl (C=O) groups is 2. The van der Waals surface area contributed by atoms with E-state index in [1.807, 2.05) is 0 Å². The quantitative estimate of drug-likeness (QED) is 0.862. The molecular weight excluding hydrogens is 294 g/mol. The maximum atomic E-state index is 13.7. The van der Waals surface area contributed by atoms with Crippen molar-refractivity contribution in [2.75, 3.05) is 6.61 Å². The normalized spacial score (nSPS) is 10.3. The Balaban J connectivity index is 2.07. The van der Waals surface area contributed by atoms with Crippen LogP contribution < -0.4 is 4.74 Å². The van der Waals surface area contributed by atoms with Crippen LogP contribution in [0.25, 0.3) is 0 Å². The molecule has 0 aliphatic heterocycles. The van der Waals surface area contributed by atoms with Gasteiger partial charge >= 0.3 is 0 Å². The zero-order valence-electron chi connectivity index (χ0n) is 11.6. The molecule has 0 saturated heterocycles. The third-order valence-corrected chi connectivity index (χ3v) is 2.97. The van der Waals surface area contributed by atoms with Crippen LogP contribution in [-0.4, -0.2) is 23.3 Å². The highest BCUT2D eigenvalue weighted by molar-refractivity contribution is 5.97. The number of Topliss-reactive ketones (excluding diaryl/α,β-unsaturated/α-hetero) is 2. The van der Waals surface area contributed by atoms with Crippen molar-refractivity contribution in [3.63, 3.8) is 0 Å². The first-order valence-electron chi connectivity index (χ1n) is 6.33. The van der Waals surface area contributed by atoms with Crippen LogP contribution in [0.4, 0.5) is 8.78 Å². The summed E-state index contributed by atoms with van der Waals surface area (Å²) in [5, 5.41) is 9.05. The van der Waals surface area contributed by atoms with Crippen molar-refractivity contribution >= 4 is 11.6 Å². The summed E-state index contributed by atoms with van der Waals surface area (Å²) in [5.41, 5.74) is 0.188. The highest BCUT2D eigenvalue weighted by atomic mass is 19.1. The largest absolute Gasteiger partial charge is 0.505 e. The SMILES string of the molecule is CC(=O)c1ccc(OCC(=O)c2ccc(O)c(F)c2)c(F)c1. The lowest BCUT2D eigenvalue weighted by Gasteiger charge is -2.08. The van der Waals surface area contributed by atoms with Crippen molar-refractivity contribution in [1.82, 2.24) is 0 Å². The van der Waals surface area contributed by atoms with Gasteiger partial charge in [0.15, 0.2) is 41.3 Å². The van der Waals surface area contributed by atoms with Crippen molar-refractivity contribution in [3.05, 3.63) is 59.2 Å². The Labute approximate surface area is 125 Å². The molecule has 0 fully saturated rings. The van der Waals surface area contributed by atoms with Gasteiger partial charge in [-0.2, -0.15) is 0 Å². The smallest absolute Gasteiger partial charge is 0.200 e. The van der Waals surface area contributed by atoms with E-state index in [1.54, 1.807) is 0 Å². The highest BCUT2D eigenvalue weighted by Crippen LogP contribution is 2.20. The Kier molecular flexibility index (Phi) is 4.50. The molecule has 1 N–H and O–H groups in total. The molecule has 2 aromatic rings. The summed E-state index contributed by atoms with van der Waals surface area (Å²) in [6, 6.07) is 6.80. The molecule has 0 unspecified atom stereocenters. The fourth-order valence-corrected chi connectivity index (χ4v) is 1.74. The van der Waals surface area contributed by atoms with E-state index in [2.05, 4.69) is 0 Å². The Bertz CT molecular complexity index is 741. The minimum absolute atomic E-state index is 0.00364. The molecule has 2 aromatic carbocycles. The predicted octanol–water partition coefficient (Wildman–Crippen LogP) is 3.13. The number of hydrogen-bond acceptors (Lipinski definition) is 4. The summed E-state index contributed by atoms with van der Waals surface area (Å²) in [5.74, 6) is -3.31. The zero-order valence-corrected chi connectivity index (χ0v) is 11.6. The van der Waals surface area contributed by atoms with Gasteiger partial charge < -0.3 is 9.84 Å². The lowest BCUT2D eigenvalue weighted by Crippen LogP contribution is -2.12. The van der Waals surface area contributed by atoms with Crippen LogP contribution in [0.2, 0.25) is 0 Å².